The van der Waals surface area contributed by atoms with Crippen LogP contribution in [0.5, 0.6) is 0 Å². The zero-order valence-electron chi connectivity index (χ0n) is 15.7. The number of fused-ring (bicyclic) bond motifs is 1. The molecule has 1 saturated carbocycles. The molecule has 0 bridgehead atoms. The summed E-state index contributed by atoms with van der Waals surface area (Å²) in [6.07, 6.45) is 4.20. The molecule has 0 spiro atoms. The summed E-state index contributed by atoms with van der Waals surface area (Å²) in [6.45, 7) is 10.7. The first-order valence-corrected chi connectivity index (χ1v) is 10.0. The Balaban J connectivity index is 1.17. The van der Waals surface area contributed by atoms with Crippen LogP contribution >= 0.6 is 0 Å². The van der Waals surface area contributed by atoms with E-state index in [0.717, 1.165) is 65.0 Å². The number of nitrogens with zero attached hydrogens (tertiary/aromatic N) is 3. The van der Waals surface area contributed by atoms with Gasteiger partial charge in [-0.25, -0.2) is 4.79 Å². The van der Waals surface area contributed by atoms with Gasteiger partial charge in [-0.2, -0.15) is 0 Å². The summed E-state index contributed by atoms with van der Waals surface area (Å²) in [5.41, 5.74) is 0.448. The number of nitrogens with one attached hydrogen (secondary N) is 1. The van der Waals surface area contributed by atoms with Crippen LogP contribution in [0.4, 0.5) is 4.79 Å². The third-order valence-electron chi connectivity index (χ3n) is 7.14. The van der Waals surface area contributed by atoms with Gasteiger partial charge in [-0.1, -0.05) is 13.8 Å². The molecule has 6 nitrogen and oxygen atoms in total. The van der Waals surface area contributed by atoms with E-state index in [0.29, 0.717) is 23.8 Å². The topological polar surface area (TPSA) is 55.9 Å². The van der Waals surface area contributed by atoms with Gasteiger partial charge in [-0.3, -0.25) is 9.69 Å². The van der Waals surface area contributed by atoms with Gasteiger partial charge < -0.3 is 15.1 Å². The van der Waals surface area contributed by atoms with E-state index in [4.69, 9.17) is 0 Å². The molecular weight excluding hydrogens is 316 g/mol. The monoisotopic (exact) mass is 348 g/mol. The zero-order chi connectivity index (χ0) is 17.6. The molecule has 140 valence electrons. The van der Waals surface area contributed by atoms with Gasteiger partial charge in [0.25, 0.3) is 0 Å². The summed E-state index contributed by atoms with van der Waals surface area (Å²) in [5.74, 6) is 1.69. The van der Waals surface area contributed by atoms with E-state index in [9.17, 15) is 9.59 Å². The van der Waals surface area contributed by atoms with Crippen molar-refractivity contribution in [2.24, 2.45) is 17.3 Å². The van der Waals surface area contributed by atoms with Crippen LogP contribution in [0.25, 0.3) is 0 Å². The second kappa shape index (κ2) is 6.45. The minimum Gasteiger partial charge on any atom is -0.342 e. The van der Waals surface area contributed by atoms with Crippen molar-refractivity contribution in [3.8, 4) is 0 Å². The summed E-state index contributed by atoms with van der Waals surface area (Å²) in [4.78, 5) is 31.0. The highest BCUT2D eigenvalue weighted by molar-refractivity contribution is 5.78. The number of rotatable bonds is 3. The van der Waals surface area contributed by atoms with Gasteiger partial charge in [0.2, 0.25) is 5.91 Å². The molecule has 3 aliphatic heterocycles. The first-order valence-electron chi connectivity index (χ1n) is 10.0. The number of urea groups is 1. The van der Waals surface area contributed by atoms with Gasteiger partial charge in [0, 0.05) is 45.3 Å². The summed E-state index contributed by atoms with van der Waals surface area (Å²) in [7, 11) is 0. The molecule has 6 heteroatoms. The molecule has 2 atom stereocenters. The third-order valence-corrected chi connectivity index (χ3v) is 7.14. The Morgan fingerprint density at radius 1 is 0.960 bits per heavy atom. The molecule has 3 amide bonds. The predicted octanol–water partition coefficient (Wildman–Crippen LogP) is 1.37. The highest BCUT2D eigenvalue weighted by Crippen LogP contribution is 2.61. The van der Waals surface area contributed by atoms with Crippen LogP contribution < -0.4 is 5.32 Å². The van der Waals surface area contributed by atoms with Crippen molar-refractivity contribution in [2.75, 3.05) is 45.8 Å². The predicted molar refractivity (Wildman–Crippen MR) is 96.1 cm³/mol. The Morgan fingerprint density at radius 3 is 2.16 bits per heavy atom. The van der Waals surface area contributed by atoms with Gasteiger partial charge >= 0.3 is 6.03 Å². The van der Waals surface area contributed by atoms with Crippen LogP contribution in [-0.4, -0.2) is 78.5 Å². The molecule has 0 aromatic carbocycles. The van der Waals surface area contributed by atoms with Crippen molar-refractivity contribution < 1.29 is 9.59 Å². The summed E-state index contributed by atoms with van der Waals surface area (Å²) < 4.78 is 0. The van der Waals surface area contributed by atoms with Crippen molar-refractivity contribution in [3.05, 3.63) is 0 Å². The lowest BCUT2D eigenvalue weighted by Gasteiger charge is -2.34. The number of hydrogen-bond acceptors (Lipinski definition) is 3. The van der Waals surface area contributed by atoms with E-state index >= 15 is 0 Å². The lowest BCUT2D eigenvalue weighted by molar-refractivity contribution is -0.131. The van der Waals surface area contributed by atoms with E-state index in [2.05, 4.69) is 24.1 Å². The van der Waals surface area contributed by atoms with Crippen molar-refractivity contribution in [1.29, 1.82) is 0 Å². The number of carbonyl (C=O) groups is 2. The van der Waals surface area contributed by atoms with Gasteiger partial charge in [0.1, 0.15) is 0 Å². The molecule has 0 aromatic heterocycles. The number of carbonyl (C=O) groups excluding carboxylic acids is 2. The van der Waals surface area contributed by atoms with Crippen LogP contribution in [0, 0.1) is 17.3 Å². The maximum absolute atomic E-state index is 12.5. The lowest BCUT2D eigenvalue weighted by atomic mass is 10.0. The molecule has 3 saturated heterocycles. The first-order chi connectivity index (χ1) is 11.9. The average Bonchev–Trinajstić information content (AvgIpc) is 3.11. The van der Waals surface area contributed by atoms with Crippen LogP contribution in [-0.2, 0) is 4.79 Å². The largest absolute Gasteiger partial charge is 0.342 e. The number of likely N-dealkylation sites (tertiary alicyclic amines) is 3. The van der Waals surface area contributed by atoms with Crippen LogP contribution in [0.15, 0.2) is 0 Å². The third kappa shape index (κ3) is 3.37. The Kier molecular flexibility index (Phi) is 4.42. The van der Waals surface area contributed by atoms with Crippen molar-refractivity contribution >= 4 is 11.9 Å². The van der Waals surface area contributed by atoms with E-state index in [-0.39, 0.29) is 18.0 Å². The molecule has 2 unspecified atom stereocenters. The molecular formula is C19H32N4O2. The molecule has 0 radical (unpaired) electrons. The Morgan fingerprint density at radius 2 is 1.56 bits per heavy atom. The molecule has 25 heavy (non-hydrogen) atoms. The van der Waals surface area contributed by atoms with Gasteiger partial charge in [0.15, 0.2) is 0 Å². The lowest BCUT2D eigenvalue weighted by Crippen LogP contribution is -2.50. The Bertz CT molecular complexity index is 522. The highest BCUT2D eigenvalue weighted by atomic mass is 16.2. The number of piperidine rings is 2. The van der Waals surface area contributed by atoms with Gasteiger partial charge in [-0.05, 0) is 42.9 Å². The van der Waals surface area contributed by atoms with E-state index in [1.54, 1.807) is 0 Å². The van der Waals surface area contributed by atoms with E-state index in [1.165, 1.54) is 0 Å². The zero-order valence-corrected chi connectivity index (χ0v) is 15.7. The standard InChI is InChI=1S/C19H32N4O2/c1-19(2)15-11-23(12-16(15)19)18(25)20-14-5-9-21(10-6-14)13-17(24)22-7-3-4-8-22/h14-16H,3-13H2,1-2H3,(H,20,25). The minimum absolute atomic E-state index is 0.120. The maximum atomic E-state index is 12.5. The first kappa shape index (κ1) is 17.1. The molecule has 1 N–H and O–H groups in total. The van der Waals surface area contributed by atoms with Crippen LogP contribution in [0.2, 0.25) is 0 Å². The molecule has 3 heterocycles. The van der Waals surface area contributed by atoms with Crippen LogP contribution in [0.1, 0.15) is 39.5 Å². The number of amides is 3. The van der Waals surface area contributed by atoms with Gasteiger partial charge in [0.05, 0.1) is 6.54 Å². The molecule has 4 fully saturated rings. The van der Waals surface area contributed by atoms with Crippen molar-refractivity contribution in [3.63, 3.8) is 0 Å². The van der Waals surface area contributed by atoms with Crippen LogP contribution in [0.3, 0.4) is 0 Å². The molecule has 1 aliphatic carbocycles. The normalized spacial score (nSPS) is 31.9. The second-order valence-corrected chi connectivity index (χ2v) is 9.03. The second-order valence-electron chi connectivity index (χ2n) is 9.03. The molecule has 4 aliphatic rings. The average molecular weight is 348 g/mol. The Labute approximate surface area is 150 Å². The van der Waals surface area contributed by atoms with E-state index < -0.39 is 0 Å². The maximum Gasteiger partial charge on any atom is 0.317 e. The fraction of sp³-hybridized carbons (Fsp3) is 0.895. The summed E-state index contributed by atoms with van der Waals surface area (Å²) in [6, 6.07) is 0.380. The fourth-order valence-electron chi connectivity index (χ4n) is 5.06. The fourth-order valence-corrected chi connectivity index (χ4v) is 5.06. The quantitative estimate of drug-likeness (QED) is 0.838. The van der Waals surface area contributed by atoms with Crippen molar-refractivity contribution in [2.45, 2.75) is 45.6 Å². The Hall–Kier alpha value is -1.30. The molecule has 0 aromatic rings. The SMILES string of the molecule is CC1(C)C2CN(C(=O)NC3CCN(CC(=O)N4CCCC4)CC3)CC21. The number of hydrogen-bond donors (Lipinski definition) is 1. The smallest absolute Gasteiger partial charge is 0.317 e. The van der Waals surface area contributed by atoms with Gasteiger partial charge in [-0.15, -0.1) is 0 Å². The van der Waals surface area contributed by atoms with Crippen molar-refractivity contribution in [1.82, 2.24) is 20.0 Å². The van der Waals surface area contributed by atoms with E-state index in [1.807, 2.05) is 9.80 Å². The minimum atomic E-state index is 0.120. The summed E-state index contributed by atoms with van der Waals surface area (Å²) in [5, 5.41) is 3.22. The molecule has 4 rings (SSSR count). The summed E-state index contributed by atoms with van der Waals surface area (Å²) >= 11 is 0. The highest BCUT2D eigenvalue weighted by Gasteiger charge is 2.62.